The van der Waals surface area contributed by atoms with Gasteiger partial charge in [-0.25, -0.2) is 4.79 Å². The maximum absolute atomic E-state index is 11.6. The number of hydrogen-bond acceptors (Lipinski definition) is 7. The third-order valence-corrected chi connectivity index (χ3v) is 3.52. The third-order valence-electron chi connectivity index (χ3n) is 1.43. The van der Waals surface area contributed by atoms with E-state index in [4.69, 9.17) is 5.73 Å². The predicted molar refractivity (Wildman–Crippen MR) is 54.4 cm³/mol. The second-order valence-electron chi connectivity index (χ2n) is 2.24. The van der Waals surface area contributed by atoms with Gasteiger partial charge in [-0.2, -0.15) is 12.6 Å². The molecule has 0 aliphatic carbocycles. The minimum Gasteiger partial charge on any atom is -0.463 e. The molecule has 6 nitrogen and oxygen atoms in total. The molecule has 0 bridgehead atoms. The van der Waals surface area contributed by atoms with Gasteiger partial charge in [-0.15, -0.1) is 0 Å². The lowest BCUT2D eigenvalue weighted by Crippen LogP contribution is -2.33. The molecule has 0 heterocycles. The van der Waals surface area contributed by atoms with Crippen molar-refractivity contribution in [3.8, 4) is 0 Å². The first kappa shape index (κ1) is 13.9. The van der Waals surface area contributed by atoms with Crippen molar-refractivity contribution in [3.63, 3.8) is 0 Å². The third kappa shape index (κ3) is 3.59. The van der Waals surface area contributed by atoms with Crippen molar-refractivity contribution < 1.29 is 23.1 Å². The Hall–Kier alpha value is -0.0700. The van der Waals surface area contributed by atoms with Gasteiger partial charge in [-0.3, -0.25) is 4.57 Å². The molecule has 0 aliphatic heterocycles. The van der Waals surface area contributed by atoms with Gasteiger partial charge in [-0.1, -0.05) is 0 Å². The maximum atomic E-state index is 11.6. The molecule has 0 radical (unpaired) electrons. The fourth-order valence-corrected chi connectivity index (χ4v) is 1.69. The van der Waals surface area contributed by atoms with E-state index in [0.717, 1.165) is 14.2 Å². The molecule has 2 N–H and O–H groups in total. The Morgan fingerprint density at radius 3 is 2.36 bits per heavy atom. The Labute approximate surface area is 88.0 Å². The number of ether oxygens (including phenoxy) is 1. The average molecular weight is 243 g/mol. The van der Waals surface area contributed by atoms with Gasteiger partial charge in [0.05, 0.1) is 0 Å². The van der Waals surface area contributed by atoms with Crippen LogP contribution >= 0.6 is 20.2 Å². The smallest absolute Gasteiger partial charge is 0.358 e. The molecule has 0 aliphatic rings. The van der Waals surface area contributed by atoms with Crippen molar-refractivity contribution >= 4 is 26.2 Å². The first-order valence-corrected chi connectivity index (χ1v) is 6.00. The summed E-state index contributed by atoms with van der Waals surface area (Å²) in [7, 11) is -1.29. The van der Waals surface area contributed by atoms with Crippen LogP contribution < -0.4 is 5.73 Å². The number of thiol groups is 1. The lowest BCUT2D eigenvalue weighted by molar-refractivity contribution is -0.142. The zero-order valence-corrected chi connectivity index (χ0v) is 9.79. The highest BCUT2D eigenvalue weighted by atomic mass is 32.1. The van der Waals surface area contributed by atoms with Crippen molar-refractivity contribution in [2.45, 2.75) is 5.78 Å². The molecule has 1 unspecified atom stereocenters. The van der Waals surface area contributed by atoms with Gasteiger partial charge in [0.2, 0.25) is 5.78 Å². The van der Waals surface area contributed by atoms with E-state index in [1.807, 2.05) is 0 Å². The average Bonchev–Trinajstić information content (AvgIpc) is 2.23. The van der Waals surface area contributed by atoms with E-state index in [0.29, 0.717) is 5.75 Å². The van der Waals surface area contributed by atoms with Crippen LogP contribution in [0.5, 0.6) is 0 Å². The zero-order chi connectivity index (χ0) is 11.2. The van der Waals surface area contributed by atoms with Crippen LogP contribution in [-0.4, -0.2) is 38.3 Å². The highest BCUT2D eigenvalue weighted by molar-refractivity contribution is 7.80. The summed E-state index contributed by atoms with van der Waals surface area (Å²) in [5, 5.41) is 0. The molecule has 14 heavy (non-hydrogen) atoms. The standard InChI is InChI=1S/C6H14NO5PS/c1-10-13(9,11-2)5(7)6(8)12-3-4-14/h5,14H,3-4,7H2,1-2H3. The van der Waals surface area contributed by atoms with Crippen LogP contribution in [-0.2, 0) is 23.1 Å². The fourth-order valence-electron chi connectivity index (χ4n) is 0.662. The van der Waals surface area contributed by atoms with Gasteiger partial charge in [0.1, 0.15) is 6.61 Å². The highest BCUT2D eigenvalue weighted by Gasteiger charge is 2.37. The van der Waals surface area contributed by atoms with Crippen LogP contribution in [0.25, 0.3) is 0 Å². The second kappa shape index (κ2) is 6.42. The number of carbonyl (C=O) groups is 1. The molecule has 0 aromatic heterocycles. The Morgan fingerprint density at radius 1 is 1.50 bits per heavy atom. The summed E-state index contributed by atoms with van der Waals surface area (Å²) >= 11 is 3.83. The second-order valence-corrected chi connectivity index (χ2v) is 5.05. The van der Waals surface area contributed by atoms with E-state index >= 15 is 0 Å². The maximum Gasteiger partial charge on any atom is 0.358 e. The summed E-state index contributed by atoms with van der Waals surface area (Å²) in [4.78, 5) is 11.2. The van der Waals surface area contributed by atoms with Crippen molar-refractivity contribution in [2.75, 3.05) is 26.6 Å². The number of nitrogens with two attached hydrogens (primary N) is 1. The SMILES string of the molecule is COP(=O)(OC)C(N)C(=O)OCCS. The quantitative estimate of drug-likeness (QED) is 0.394. The molecule has 0 rings (SSSR count). The lowest BCUT2D eigenvalue weighted by Gasteiger charge is -2.18. The summed E-state index contributed by atoms with van der Waals surface area (Å²) in [6.07, 6.45) is 0. The number of rotatable bonds is 6. The van der Waals surface area contributed by atoms with Crippen molar-refractivity contribution in [1.82, 2.24) is 0 Å². The summed E-state index contributed by atoms with van der Waals surface area (Å²) in [5.41, 5.74) is 5.34. The van der Waals surface area contributed by atoms with Crippen LogP contribution in [0.15, 0.2) is 0 Å². The van der Waals surface area contributed by atoms with Crippen LogP contribution in [0, 0.1) is 0 Å². The molecular formula is C6H14NO5PS. The van der Waals surface area contributed by atoms with E-state index < -0.39 is 19.3 Å². The minimum absolute atomic E-state index is 0.100. The first-order valence-electron chi connectivity index (χ1n) is 3.76. The molecule has 84 valence electrons. The molecule has 0 spiro atoms. The Bertz CT molecular complexity index is 228. The molecule has 0 fully saturated rings. The van der Waals surface area contributed by atoms with E-state index in [1.54, 1.807) is 0 Å². The molecule has 1 atom stereocenters. The molecular weight excluding hydrogens is 229 g/mol. The van der Waals surface area contributed by atoms with Crippen LogP contribution in [0.1, 0.15) is 0 Å². The van der Waals surface area contributed by atoms with Crippen LogP contribution in [0.2, 0.25) is 0 Å². The van der Waals surface area contributed by atoms with Gasteiger partial charge < -0.3 is 19.5 Å². The Balaban J connectivity index is 4.36. The first-order chi connectivity index (χ1) is 6.51. The van der Waals surface area contributed by atoms with Gasteiger partial charge >= 0.3 is 13.6 Å². The predicted octanol–water partition coefficient (Wildman–Crippen LogP) is 0.230. The Kier molecular flexibility index (Phi) is 6.39. The molecule has 0 amide bonds. The number of hydrogen-bond donors (Lipinski definition) is 2. The van der Waals surface area contributed by atoms with Crippen molar-refractivity contribution in [1.29, 1.82) is 0 Å². The lowest BCUT2D eigenvalue weighted by atomic mass is 10.7. The Morgan fingerprint density at radius 2 is 2.00 bits per heavy atom. The highest BCUT2D eigenvalue weighted by Crippen LogP contribution is 2.49. The summed E-state index contributed by atoms with van der Waals surface area (Å²) in [6, 6.07) is 0. The fraction of sp³-hybridized carbons (Fsp3) is 0.833. The van der Waals surface area contributed by atoms with E-state index in [2.05, 4.69) is 26.4 Å². The normalized spacial score (nSPS) is 13.7. The van der Waals surface area contributed by atoms with Crippen molar-refractivity contribution in [3.05, 3.63) is 0 Å². The van der Waals surface area contributed by atoms with Crippen molar-refractivity contribution in [2.24, 2.45) is 5.73 Å². The monoisotopic (exact) mass is 243 g/mol. The summed E-state index contributed by atoms with van der Waals surface area (Å²) in [6.45, 7) is 0.100. The topological polar surface area (TPSA) is 87.9 Å². The van der Waals surface area contributed by atoms with Gasteiger partial charge in [0.15, 0.2) is 0 Å². The number of carbonyl (C=O) groups excluding carboxylic acids is 1. The van der Waals surface area contributed by atoms with E-state index in [9.17, 15) is 9.36 Å². The van der Waals surface area contributed by atoms with Gasteiger partial charge in [0.25, 0.3) is 0 Å². The van der Waals surface area contributed by atoms with Gasteiger partial charge in [0, 0.05) is 20.0 Å². The molecule has 0 aromatic rings. The number of esters is 1. The minimum atomic E-state index is -3.59. The molecule has 0 aromatic carbocycles. The molecule has 8 heteroatoms. The van der Waals surface area contributed by atoms with Gasteiger partial charge in [-0.05, 0) is 0 Å². The van der Waals surface area contributed by atoms with E-state index in [-0.39, 0.29) is 6.61 Å². The van der Waals surface area contributed by atoms with Crippen LogP contribution in [0.3, 0.4) is 0 Å². The van der Waals surface area contributed by atoms with Crippen LogP contribution in [0.4, 0.5) is 0 Å². The van der Waals surface area contributed by atoms with E-state index in [1.165, 1.54) is 0 Å². The largest absolute Gasteiger partial charge is 0.463 e. The zero-order valence-electron chi connectivity index (χ0n) is 8.00. The molecule has 0 saturated heterocycles. The summed E-state index contributed by atoms with van der Waals surface area (Å²) < 4.78 is 25.3. The molecule has 0 saturated carbocycles. The summed E-state index contributed by atoms with van der Waals surface area (Å²) in [5.74, 6) is -1.88.